The van der Waals surface area contributed by atoms with Crippen molar-refractivity contribution in [2.45, 2.75) is 13.8 Å². The number of aromatic nitrogens is 2. The number of para-hydroxylation sites is 2. The minimum absolute atomic E-state index is 0.258. The van der Waals surface area contributed by atoms with Crippen molar-refractivity contribution in [2.24, 2.45) is 0 Å². The lowest BCUT2D eigenvalue weighted by Crippen LogP contribution is -2.21. The van der Waals surface area contributed by atoms with Crippen LogP contribution in [0.25, 0.3) is 0 Å². The number of hydrogen-bond acceptors (Lipinski definition) is 6. The lowest BCUT2D eigenvalue weighted by molar-refractivity contribution is 0.102. The van der Waals surface area contributed by atoms with Gasteiger partial charge in [0.15, 0.2) is 0 Å². The third-order valence-corrected chi connectivity index (χ3v) is 4.52. The Balaban J connectivity index is 1.71. The molecule has 150 valence electrons. The van der Waals surface area contributed by atoms with Gasteiger partial charge in [0, 0.05) is 30.5 Å². The van der Waals surface area contributed by atoms with Crippen LogP contribution in [0.1, 0.15) is 24.3 Å². The first kappa shape index (κ1) is 20.1. The summed E-state index contributed by atoms with van der Waals surface area (Å²) in [5.41, 5.74) is 2.89. The average molecular weight is 391 g/mol. The van der Waals surface area contributed by atoms with Gasteiger partial charge in [-0.1, -0.05) is 12.1 Å². The van der Waals surface area contributed by atoms with E-state index in [-0.39, 0.29) is 11.6 Å². The number of nitrogens with one attached hydrogen (secondary N) is 2. The zero-order chi connectivity index (χ0) is 20.6. The third-order valence-electron chi connectivity index (χ3n) is 4.52. The largest absolute Gasteiger partial charge is 0.495 e. The molecule has 0 saturated carbocycles. The van der Waals surface area contributed by atoms with Gasteiger partial charge in [0.1, 0.15) is 23.6 Å². The highest BCUT2D eigenvalue weighted by atomic mass is 16.5. The maximum absolute atomic E-state index is 12.6. The summed E-state index contributed by atoms with van der Waals surface area (Å²) < 4.78 is 5.26. The minimum Gasteiger partial charge on any atom is -0.495 e. The van der Waals surface area contributed by atoms with Crippen molar-refractivity contribution in [1.82, 2.24) is 9.97 Å². The summed E-state index contributed by atoms with van der Waals surface area (Å²) in [5, 5.41) is 6.03. The molecule has 7 heteroatoms. The highest BCUT2D eigenvalue weighted by molar-refractivity contribution is 6.04. The number of benzene rings is 2. The molecule has 0 radical (unpaired) electrons. The first-order chi connectivity index (χ1) is 14.1. The van der Waals surface area contributed by atoms with Crippen LogP contribution in [-0.2, 0) is 0 Å². The van der Waals surface area contributed by atoms with E-state index in [4.69, 9.17) is 4.74 Å². The molecule has 0 bridgehead atoms. The van der Waals surface area contributed by atoms with Crippen LogP contribution >= 0.6 is 0 Å². The Morgan fingerprint density at radius 1 is 1.03 bits per heavy atom. The molecule has 0 aliphatic heterocycles. The summed E-state index contributed by atoms with van der Waals surface area (Å²) in [4.78, 5) is 23.1. The lowest BCUT2D eigenvalue weighted by Gasteiger charge is -2.21. The maximum atomic E-state index is 12.6. The number of carbonyl (C=O) groups is 1. The van der Waals surface area contributed by atoms with E-state index in [1.54, 1.807) is 25.3 Å². The second-order valence-corrected chi connectivity index (χ2v) is 6.29. The number of nitrogens with zero attached hydrogens (tertiary/aromatic N) is 3. The van der Waals surface area contributed by atoms with E-state index in [0.29, 0.717) is 17.3 Å². The van der Waals surface area contributed by atoms with Crippen LogP contribution < -0.4 is 20.3 Å². The molecule has 2 N–H and O–H groups in total. The van der Waals surface area contributed by atoms with Crippen molar-refractivity contribution in [3.05, 3.63) is 66.6 Å². The summed E-state index contributed by atoms with van der Waals surface area (Å²) in [6.45, 7) is 6.18. The highest BCUT2D eigenvalue weighted by Gasteiger charge is 2.12. The molecule has 1 aromatic heterocycles. The number of rotatable bonds is 8. The Morgan fingerprint density at radius 2 is 1.76 bits per heavy atom. The first-order valence-corrected chi connectivity index (χ1v) is 9.53. The molecule has 1 heterocycles. The topological polar surface area (TPSA) is 79.4 Å². The molecule has 0 atom stereocenters. The summed E-state index contributed by atoms with van der Waals surface area (Å²) in [6.07, 6.45) is 1.36. The average Bonchev–Trinajstić information content (AvgIpc) is 2.76. The monoisotopic (exact) mass is 391 g/mol. The molecule has 3 aromatic rings. The van der Waals surface area contributed by atoms with Gasteiger partial charge in [0.05, 0.1) is 12.8 Å². The van der Waals surface area contributed by atoms with E-state index in [1.807, 2.05) is 24.3 Å². The van der Waals surface area contributed by atoms with E-state index < -0.39 is 0 Å². The SMILES string of the molecule is CCN(CC)c1ccc(Nc2cc(C(=O)Nc3ccccc3OC)ncn2)cc1. The fourth-order valence-corrected chi connectivity index (χ4v) is 2.98. The molecule has 29 heavy (non-hydrogen) atoms. The van der Waals surface area contributed by atoms with Gasteiger partial charge in [0.2, 0.25) is 0 Å². The van der Waals surface area contributed by atoms with Gasteiger partial charge in [-0.3, -0.25) is 4.79 Å². The molecule has 1 amide bonds. The Bertz CT molecular complexity index is 955. The zero-order valence-corrected chi connectivity index (χ0v) is 16.8. The molecule has 7 nitrogen and oxygen atoms in total. The summed E-state index contributed by atoms with van der Waals surface area (Å²) >= 11 is 0. The summed E-state index contributed by atoms with van der Waals surface area (Å²) in [5.74, 6) is 0.791. The Labute approximate surface area is 170 Å². The second kappa shape index (κ2) is 9.54. The van der Waals surface area contributed by atoms with E-state index in [1.165, 1.54) is 12.0 Å². The first-order valence-electron chi connectivity index (χ1n) is 9.53. The number of anilines is 4. The van der Waals surface area contributed by atoms with Crippen LogP contribution in [-0.4, -0.2) is 36.1 Å². The van der Waals surface area contributed by atoms with Gasteiger partial charge in [0.25, 0.3) is 5.91 Å². The van der Waals surface area contributed by atoms with Gasteiger partial charge < -0.3 is 20.3 Å². The summed E-state index contributed by atoms with van der Waals surface area (Å²) in [6, 6.07) is 16.9. The predicted molar refractivity (Wildman–Crippen MR) is 116 cm³/mol. The van der Waals surface area contributed by atoms with E-state index in [9.17, 15) is 4.79 Å². The molecular formula is C22H25N5O2. The standard InChI is InChI=1S/C22H25N5O2/c1-4-27(5-2)17-12-10-16(11-13-17)25-21-14-19(23-15-24-21)22(28)26-18-8-6-7-9-20(18)29-3/h6-15H,4-5H2,1-3H3,(H,26,28)(H,23,24,25). The van der Waals surface area contributed by atoms with Crippen LogP contribution in [0.3, 0.4) is 0 Å². The van der Waals surface area contributed by atoms with Gasteiger partial charge in [-0.2, -0.15) is 0 Å². The molecule has 0 spiro atoms. The van der Waals surface area contributed by atoms with Gasteiger partial charge in [-0.05, 0) is 50.2 Å². The third kappa shape index (κ3) is 5.01. The van der Waals surface area contributed by atoms with Crippen LogP contribution in [0.5, 0.6) is 5.75 Å². The smallest absolute Gasteiger partial charge is 0.274 e. The van der Waals surface area contributed by atoms with Gasteiger partial charge in [-0.15, -0.1) is 0 Å². The number of amides is 1. The fourth-order valence-electron chi connectivity index (χ4n) is 2.98. The normalized spacial score (nSPS) is 10.3. The molecule has 0 fully saturated rings. The fraction of sp³-hybridized carbons (Fsp3) is 0.227. The predicted octanol–water partition coefficient (Wildman–Crippen LogP) is 4.33. The minimum atomic E-state index is -0.336. The molecule has 3 rings (SSSR count). The van der Waals surface area contributed by atoms with Crippen LogP contribution in [0.2, 0.25) is 0 Å². The lowest BCUT2D eigenvalue weighted by atomic mass is 10.2. The molecule has 0 unspecified atom stereocenters. The van der Waals surface area contributed by atoms with Crippen molar-refractivity contribution >= 4 is 28.8 Å². The Kier molecular flexibility index (Phi) is 6.63. The van der Waals surface area contributed by atoms with E-state index in [2.05, 4.69) is 51.5 Å². The van der Waals surface area contributed by atoms with E-state index in [0.717, 1.165) is 18.8 Å². The maximum Gasteiger partial charge on any atom is 0.274 e. The van der Waals surface area contributed by atoms with Crippen molar-refractivity contribution in [1.29, 1.82) is 0 Å². The van der Waals surface area contributed by atoms with Gasteiger partial charge in [-0.25, -0.2) is 9.97 Å². The number of methoxy groups -OCH3 is 1. The number of carbonyl (C=O) groups excluding carboxylic acids is 1. The van der Waals surface area contributed by atoms with Crippen LogP contribution in [0.15, 0.2) is 60.9 Å². The van der Waals surface area contributed by atoms with Crippen molar-refractivity contribution in [3.63, 3.8) is 0 Å². The zero-order valence-electron chi connectivity index (χ0n) is 16.8. The quantitative estimate of drug-likeness (QED) is 0.595. The summed E-state index contributed by atoms with van der Waals surface area (Å²) in [7, 11) is 1.56. The molecule has 0 saturated heterocycles. The van der Waals surface area contributed by atoms with Crippen molar-refractivity contribution in [2.75, 3.05) is 35.7 Å². The van der Waals surface area contributed by atoms with Crippen molar-refractivity contribution < 1.29 is 9.53 Å². The Morgan fingerprint density at radius 3 is 2.45 bits per heavy atom. The molecule has 0 aliphatic rings. The Hall–Kier alpha value is -3.61. The number of hydrogen-bond donors (Lipinski definition) is 2. The molecule has 0 aliphatic carbocycles. The van der Waals surface area contributed by atoms with E-state index >= 15 is 0 Å². The highest BCUT2D eigenvalue weighted by Crippen LogP contribution is 2.24. The van der Waals surface area contributed by atoms with Gasteiger partial charge >= 0.3 is 0 Å². The second-order valence-electron chi connectivity index (χ2n) is 6.29. The molecule has 2 aromatic carbocycles. The molecular weight excluding hydrogens is 366 g/mol. The number of ether oxygens (including phenoxy) is 1. The van der Waals surface area contributed by atoms with Crippen molar-refractivity contribution in [3.8, 4) is 5.75 Å². The van der Waals surface area contributed by atoms with Crippen LogP contribution in [0.4, 0.5) is 22.9 Å². The van der Waals surface area contributed by atoms with Crippen LogP contribution in [0, 0.1) is 0 Å².